The summed E-state index contributed by atoms with van der Waals surface area (Å²) < 4.78 is 29.0. The monoisotopic (exact) mass is 314 g/mol. The minimum atomic E-state index is -3.45. The number of alkyl halides is 1. The number of hydrogen-bond acceptors (Lipinski definition) is 2. The quantitative estimate of drug-likeness (QED) is 0.804. The van der Waals surface area contributed by atoms with E-state index in [1.807, 2.05) is 24.3 Å². The molecule has 2 heterocycles. The lowest BCUT2D eigenvalue weighted by atomic mass is 10.1. The van der Waals surface area contributed by atoms with Crippen LogP contribution in [0.4, 0.5) is 5.69 Å². The van der Waals surface area contributed by atoms with Crippen molar-refractivity contribution in [3.63, 3.8) is 0 Å². The van der Waals surface area contributed by atoms with Gasteiger partial charge in [-0.2, -0.15) is 12.7 Å². The van der Waals surface area contributed by atoms with Crippen molar-refractivity contribution < 1.29 is 8.42 Å². The van der Waals surface area contributed by atoms with Gasteiger partial charge in [0.05, 0.1) is 5.69 Å². The first kappa shape index (κ1) is 14.2. The summed E-state index contributed by atoms with van der Waals surface area (Å²) in [5, 5.41) is 0. The molecule has 1 saturated heterocycles. The third-order valence-corrected chi connectivity index (χ3v) is 6.54. The number of nitrogens with zero attached hydrogens (tertiary/aromatic N) is 2. The summed E-state index contributed by atoms with van der Waals surface area (Å²) in [6.07, 6.45) is 3.62. The molecule has 6 heteroatoms. The number of halogens is 1. The zero-order chi connectivity index (χ0) is 14.2. The van der Waals surface area contributed by atoms with Gasteiger partial charge in [-0.25, -0.2) is 0 Å². The second-order valence-electron chi connectivity index (χ2n) is 5.37. The highest BCUT2D eigenvalue weighted by Gasteiger charge is 2.38. The molecule has 20 heavy (non-hydrogen) atoms. The van der Waals surface area contributed by atoms with Crippen LogP contribution in [0.1, 0.15) is 24.8 Å². The number of hydrogen-bond donors (Lipinski definition) is 0. The average Bonchev–Trinajstić information content (AvgIpc) is 2.92. The number of benzene rings is 1. The maximum absolute atomic E-state index is 12.9. The van der Waals surface area contributed by atoms with E-state index in [9.17, 15) is 8.42 Å². The largest absolute Gasteiger partial charge is 0.304 e. The molecule has 4 nitrogen and oxygen atoms in total. The van der Waals surface area contributed by atoms with Crippen LogP contribution in [0, 0.1) is 0 Å². The summed E-state index contributed by atoms with van der Waals surface area (Å²) in [5.74, 6) is 0.370. The summed E-state index contributed by atoms with van der Waals surface area (Å²) in [7, 11) is -3.45. The van der Waals surface area contributed by atoms with Crippen LogP contribution in [0.3, 0.4) is 0 Å². The summed E-state index contributed by atoms with van der Waals surface area (Å²) >= 11 is 5.96. The summed E-state index contributed by atoms with van der Waals surface area (Å²) in [6, 6.07) is 7.67. The molecule has 0 amide bonds. The smallest absolute Gasteiger partial charge is 0.257 e. The van der Waals surface area contributed by atoms with Gasteiger partial charge in [0, 0.05) is 25.0 Å². The van der Waals surface area contributed by atoms with Crippen LogP contribution >= 0.6 is 11.6 Å². The van der Waals surface area contributed by atoms with E-state index in [0.717, 1.165) is 36.9 Å². The fourth-order valence-corrected chi connectivity index (χ4v) is 5.43. The molecule has 1 aromatic rings. The molecule has 0 radical (unpaired) electrons. The minimum Gasteiger partial charge on any atom is -0.257 e. The third kappa shape index (κ3) is 2.32. The molecule has 0 aromatic heterocycles. The van der Waals surface area contributed by atoms with Crippen molar-refractivity contribution in [2.45, 2.75) is 31.7 Å². The molecule has 0 N–H and O–H groups in total. The van der Waals surface area contributed by atoms with Gasteiger partial charge in [-0.1, -0.05) is 24.6 Å². The minimum absolute atomic E-state index is 0.0665. The molecule has 1 aromatic carbocycles. The van der Waals surface area contributed by atoms with E-state index in [2.05, 4.69) is 0 Å². The molecule has 1 fully saturated rings. The Morgan fingerprint density at radius 2 is 2.00 bits per heavy atom. The standard InChI is InChI=1S/C14H19ClN2O2S/c15-11-13-6-3-4-9-16(13)20(18,19)17-10-8-12-5-1-2-7-14(12)17/h1-2,5,7,13H,3-4,6,8-11H2. The van der Waals surface area contributed by atoms with Crippen LogP contribution in [-0.2, 0) is 16.6 Å². The predicted octanol–water partition coefficient (Wildman–Crippen LogP) is 2.39. The summed E-state index contributed by atoms with van der Waals surface area (Å²) in [4.78, 5) is 0. The van der Waals surface area contributed by atoms with E-state index in [4.69, 9.17) is 11.6 Å². The maximum atomic E-state index is 12.9. The van der Waals surface area contributed by atoms with Crippen molar-refractivity contribution in [1.82, 2.24) is 4.31 Å². The molecule has 2 aliphatic heterocycles. The van der Waals surface area contributed by atoms with Crippen LogP contribution < -0.4 is 4.31 Å². The molecule has 3 rings (SSSR count). The molecular weight excluding hydrogens is 296 g/mol. The van der Waals surface area contributed by atoms with E-state index in [1.165, 1.54) is 0 Å². The van der Waals surface area contributed by atoms with Crippen molar-refractivity contribution in [2.24, 2.45) is 0 Å². The van der Waals surface area contributed by atoms with Crippen molar-refractivity contribution in [2.75, 3.05) is 23.3 Å². The van der Waals surface area contributed by atoms with E-state index < -0.39 is 10.2 Å². The molecule has 110 valence electrons. The van der Waals surface area contributed by atoms with Crippen molar-refractivity contribution in [3.05, 3.63) is 29.8 Å². The van der Waals surface area contributed by atoms with Gasteiger partial charge < -0.3 is 0 Å². The molecule has 2 aliphatic rings. The first-order chi connectivity index (χ1) is 9.64. The molecule has 0 saturated carbocycles. The van der Waals surface area contributed by atoms with Gasteiger partial charge >= 0.3 is 10.2 Å². The second-order valence-corrected chi connectivity index (χ2v) is 7.49. The Morgan fingerprint density at radius 1 is 1.20 bits per heavy atom. The molecule has 1 unspecified atom stereocenters. The third-order valence-electron chi connectivity index (χ3n) is 4.17. The first-order valence-corrected chi connectivity index (χ1v) is 9.01. The average molecular weight is 315 g/mol. The van der Waals surface area contributed by atoms with E-state index in [0.29, 0.717) is 19.0 Å². The van der Waals surface area contributed by atoms with E-state index in [1.54, 1.807) is 8.61 Å². The highest BCUT2D eigenvalue weighted by molar-refractivity contribution is 7.90. The lowest BCUT2D eigenvalue weighted by Gasteiger charge is -2.36. The number of piperidine rings is 1. The highest BCUT2D eigenvalue weighted by atomic mass is 35.5. The van der Waals surface area contributed by atoms with Crippen LogP contribution in [0.15, 0.2) is 24.3 Å². The van der Waals surface area contributed by atoms with Crippen LogP contribution in [0.25, 0.3) is 0 Å². The molecule has 0 bridgehead atoms. The predicted molar refractivity (Wildman–Crippen MR) is 81.5 cm³/mol. The van der Waals surface area contributed by atoms with E-state index >= 15 is 0 Å². The van der Waals surface area contributed by atoms with Crippen LogP contribution in [0.5, 0.6) is 0 Å². The molecular formula is C14H19ClN2O2S. The Kier molecular flexibility index (Phi) is 3.93. The lowest BCUT2D eigenvalue weighted by molar-refractivity contribution is 0.270. The van der Waals surface area contributed by atoms with Gasteiger partial charge in [-0.05, 0) is 30.9 Å². The van der Waals surface area contributed by atoms with Gasteiger partial charge in [0.15, 0.2) is 0 Å². The van der Waals surface area contributed by atoms with E-state index in [-0.39, 0.29) is 6.04 Å². The maximum Gasteiger partial charge on any atom is 0.304 e. The molecule has 0 aliphatic carbocycles. The highest BCUT2D eigenvalue weighted by Crippen LogP contribution is 2.33. The zero-order valence-electron chi connectivity index (χ0n) is 11.3. The first-order valence-electron chi connectivity index (χ1n) is 7.08. The normalized spacial score (nSPS) is 23.9. The van der Waals surface area contributed by atoms with Crippen molar-refractivity contribution in [1.29, 1.82) is 0 Å². The van der Waals surface area contributed by atoms with Gasteiger partial charge in [0.1, 0.15) is 0 Å². The van der Waals surface area contributed by atoms with Crippen molar-refractivity contribution >= 4 is 27.5 Å². The van der Waals surface area contributed by atoms with Gasteiger partial charge in [0.25, 0.3) is 0 Å². The summed E-state index contributed by atoms with van der Waals surface area (Å²) in [6.45, 7) is 1.12. The fraction of sp³-hybridized carbons (Fsp3) is 0.571. The Balaban J connectivity index is 1.93. The summed E-state index contributed by atoms with van der Waals surface area (Å²) in [5.41, 5.74) is 1.93. The topological polar surface area (TPSA) is 40.6 Å². The Morgan fingerprint density at radius 3 is 2.80 bits per heavy atom. The Bertz CT molecular complexity index is 591. The number of fused-ring (bicyclic) bond motifs is 1. The number of rotatable bonds is 3. The zero-order valence-corrected chi connectivity index (χ0v) is 12.9. The molecule has 1 atom stereocenters. The van der Waals surface area contributed by atoms with Gasteiger partial charge in [-0.3, -0.25) is 4.31 Å². The van der Waals surface area contributed by atoms with Crippen LogP contribution in [0.2, 0.25) is 0 Å². The fourth-order valence-electron chi connectivity index (χ4n) is 3.11. The van der Waals surface area contributed by atoms with Gasteiger partial charge in [-0.15, -0.1) is 11.6 Å². The Hall–Kier alpha value is -0.780. The number of para-hydroxylation sites is 1. The SMILES string of the molecule is O=S(=O)(N1CCc2ccccc21)N1CCCCC1CCl. The lowest BCUT2D eigenvalue weighted by Crippen LogP contribution is -2.51. The second kappa shape index (κ2) is 5.54. The number of anilines is 1. The Labute approximate surface area is 125 Å². The van der Waals surface area contributed by atoms with Crippen molar-refractivity contribution in [3.8, 4) is 0 Å². The van der Waals surface area contributed by atoms with Gasteiger partial charge in [0.2, 0.25) is 0 Å². The molecule has 0 spiro atoms. The van der Waals surface area contributed by atoms with Crippen LogP contribution in [-0.4, -0.2) is 37.7 Å².